The number of aryl methyl sites for hydroxylation is 1. The molecule has 80 valence electrons. The van der Waals surface area contributed by atoms with Crippen molar-refractivity contribution >= 4 is 11.3 Å². The molecule has 0 radical (unpaired) electrons. The van der Waals surface area contributed by atoms with E-state index < -0.39 is 0 Å². The zero-order valence-corrected chi connectivity index (χ0v) is 9.93. The highest BCUT2D eigenvalue weighted by Crippen LogP contribution is 2.18. The fourth-order valence-corrected chi connectivity index (χ4v) is 2.32. The highest BCUT2D eigenvalue weighted by Gasteiger charge is 2.13. The van der Waals surface area contributed by atoms with E-state index in [1.54, 1.807) is 7.11 Å². The molecule has 2 unspecified atom stereocenters. The average molecular weight is 213 g/mol. The Morgan fingerprint density at radius 2 is 2.07 bits per heavy atom. The zero-order valence-electron chi connectivity index (χ0n) is 9.12. The molecule has 2 nitrogen and oxygen atoms in total. The normalized spacial score (nSPS) is 15.4. The summed E-state index contributed by atoms with van der Waals surface area (Å²) < 4.78 is 5.20. The minimum absolute atomic E-state index is 0.100. The molecule has 2 N–H and O–H groups in total. The van der Waals surface area contributed by atoms with E-state index in [2.05, 4.69) is 19.1 Å². The van der Waals surface area contributed by atoms with Crippen LogP contribution in [0.1, 0.15) is 23.6 Å². The maximum atomic E-state index is 5.99. The molecule has 0 fully saturated rings. The van der Waals surface area contributed by atoms with E-state index in [-0.39, 0.29) is 12.1 Å². The van der Waals surface area contributed by atoms with Crippen molar-refractivity contribution in [3.05, 3.63) is 21.9 Å². The van der Waals surface area contributed by atoms with Crippen LogP contribution in [0.15, 0.2) is 12.1 Å². The van der Waals surface area contributed by atoms with Crippen LogP contribution in [0.5, 0.6) is 0 Å². The van der Waals surface area contributed by atoms with Crippen molar-refractivity contribution in [1.82, 2.24) is 0 Å². The summed E-state index contributed by atoms with van der Waals surface area (Å²) >= 11 is 1.85. The Bertz CT molecular complexity index is 272. The Balaban J connectivity index is 2.51. The Hall–Kier alpha value is -0.380. The number of hydrogen-bond donors (Lipinski definition) is 1. The van der Waals surface area contributed by atoms with Crippen molar-refractivity contribution in [2.75, 3.05) is 7.11 Å². The van der Waals surface area contributed by atoms with Gasteiger partial charge in [-0.2, -0.15) is 0 Å². The smallest absolute Gasteiger partial charge is 0.0697 e. The molecule has 1 aromatic heterocycles. The van der Waals surface area contributed by atoms with Crippen LogP contribution in [0.25, 0.3) is 0 Å². The third-order valence-corrected chi connectivity index (χ3v) is 3.73. The van der Waals surface area contributed by atoms with E-state index in [0.29, 0.717) is 0 Å². The lowest BCUT2D eigenvalue weighted by Gasteiger charge is -2.17. The number of nitrogens with two attached hydrogens (primary N) is 1. The molecule has 1 rings (SSSR count). The van der Waals surface area contributed by atoms with Crippen LogP contribution in [0.3, 0.4) is 0 Å². The first-order valence-electron chi connectivity index (χ1n) is 5.03. The van der Waals surface area contributed by atoms with Gasteiger partial charge in [-0.05, 0) is 31.9 Å². The Labute approximate surface area is 90.1 Å². The van der Waals surface area contributed by atoms with Crippen molar-refractivity contribution in [3.63, 3.8) is 0 Å². The minimum Gasteiger partial charge on any atom is -0.380 e. The number of hydrogen-bond acceptors (Lipinski definition) is 3. The van der Waals surface area contributed by atoms with Gasteiger partial charge >= 0.3 is 0 Å². The fraction of sp³-hybridized carbons (Fsp3) is 0.636. The van der Waals surface area contributed by atoms with Crippen LogP contribution in [0.4, 0.5) is 0 Å². The van der Waals surface area contributed by atoms with Gasteiger partial charge in [-0.3, -0.25) is 0 Å². The summed E-state index contributed by atoms with van der Waals surface area (Å²) in [5.74, 6) is 0. The molecule has 0 spiro atoms. The Morgan fingerprint density at radius 3 is 2.57 bits per heavy atom. The largest absolute Gasteiger partial charge is 0.380 e. The van der Waals surface area contributed by atoms with Gasteiger partial charge in [-0.25, -0.2) is 0 Å². The maximum absolute atomic E-state index is 5.99. The molecule has 3 heteroatoms. The summed E-state index contributed by atoms with van der Waals surface area (Å²) in [4.78, 5) is 2.79. The van der Waals surface area contributed by atoms with E-state index in [1.165, 1.54) is 9.75 Å². The fourth-order valence-electron chi connectivity index (χ4n) is 1.30. The lowest BCUT2D eigenvalue weighted by atomic mass is 10.1. The van der Waals surface area contributed by atoms with Crippen molar-refractivity contribution in [2.45, 2.75) is 38.8 Å². The topological polar surface area (TPSA) is 35.2 Å². The van der Waals surface area contributed by atoms with Crippen LogP contribution < -0.4 is 5.73 Å². The van der Waals surface area contributed by atoms with Gasteiger partial charge in [0.25, 0.3) is 0 Å². The summed E-state index contributed by atoms with van der Waals surface area (Å²) in [5, 5.41) is 0. The summed E-state index contributed by atoms with van der Waals surface area (Å²) in [6.45, 7) is 4.19. The van der Waals surface area contributed by atoms with E-state index >= 15 is 0 Å². The predicted octanol–water partition coefficient (Wildman–Crippen LogP) is 2.22. The van der Waals surface area contributed by atoms with Gasteiger partial charge in [-0.15, -0.1) is 11.3 Å². The SMILES string of the molecule is CCc1ccc(CC(N)C(C)OC)s1. The Kier molecular flexibility index (Phi) is 4.58. The lowest BCUT2D eigenvalue weighted by molar-refractivity contribution is 0.0958. The molecular weight excluding hydrogens is 194 g/mol. The lowest BCUT2D eigenvalue weighted by Crippen LogP contribution is -2.35. The van der Waals surface area contributed by atoms with E-state index in [9.17, 15) is 0 Å². The molecule has 0 aliphatic rings. The number of rotatable bonds is 5. The second-order valence-corrected chi connectivity index (χ2v) is 4.78. The van der Waals surface area contributed by atoms with Crippen molar-refractivity contribution in [1.29, 1.82) is 0 Å². The summed E-state index contributed by atoms with van der Waals surface area (Å²) in [5.41, 5.74) is 5.99. The van der Waals surface area contributed by atoms with Crippen LogP contribution >= 0.6 is 11.3 Å². The summed E-state index contributed by atoms with van der Waals surface area (Å²) in [7, 11) is 1.70. The third kappa shape index (κ3) is 3.08. The third-order valence-electron chi connectivity index (χ3n) is 2.48. The average Bonchev–Trinajstić information content (AvgIpc) is 2.64. The van der Waals surface area contributed by atoms with E-state index in [0.717, 1.165) is 12.8 Å². The van der Waals surface area contributed by atoms with Crippen LogP contribution in [0, 0.1) is 0 Å². The van der Waals surface area contributed by atoms with E-state index in [4.69, 9.17) is 10.5 Å². The molecule has 0 aliphatic heterocycles. The molecule has 1 heterocycles. The standard InChI is InChI=1S/C11H19NOS/c1-4-9-5-6-10(14-9)7-11(12)8(2)13-3/h5-6,8,11H,4,7,12H2,1-3H3. The molecule has 1 aromatic rings. The van der Waals surface area contributed by atoms with Gasteiger partial charge in [0, 0.05) is 22.9 Å². The Morgan fingerprint density at radius 1 is 1.43 bits per heavy atom. The van der Waals surface area contributed by atoms with E-state index in [1.807, 2.05) is 18.3 Å². The first kappa shape index (κ1) is 11.7. The van der Waals surface area contributed by atoms with Crippen LogP contribution in [0.2, 0.25) is 0 Å². The highest BCUT2D eigenvalue weighted by molar-refractivity contribution is 7.11. The van der Waals surface area contributed by atoms with Gasteiger partial charge in [-0.1, -0.05) is 6.92 Å². The first-order valence-corrected chi connectivity index (χ1v) is 5.85. The molecule has 14 heavy (non-hydrogen) atoms. The van der Waals surface area contributed by atoms with Gasteiger partial charge in [0.2, 0.25) is 0 Å². The zero-order chi connectivity index (χ0) is 10.6. The van der Waals surface area contributed by atoms with Crippen molar-refractivity contribution in [3.8, 4) is 0 Å². The molecule has 0 saturated carbocycles. The predicted molar refractivity (Wildman–Crippen MR) is 61.8 cm³/mol. The maximum Gasteiger partial charge on any atom is 0.0697 e. The van der Waals surface area contributed by atoms with Gasteiger partial charge in [0.15, 0.2) is 0 Å². The van der Waals surface area contributed by atoms with Gasteiger partial charge < -0.3 is 10.5 Å². The summed E-state index contributed by atoms with van der Waals surface area (Å²) in [6.07, 6.45) is 2.15. The molecule has 0 aromatic carbocycles. The second kappa shape index (κ2) is 5.49. The highest BCUT2D eigenvalue weighted by atomic mass is 32.1. The minimum atomic E-state index is 0.100. The molecule has 2 atom stereocenters. The second-order valence-electron chi connectivity index (χ2n) is 3.53. The molecule has 0 amide bonds. The van der Waals surface area contributed by atoms with Crippen LogP contribution in [-0.2, 0) is 17.6 Å². The van der Waals surface area contributed by atoms with Crippen molar-refractivity contribution in [2.24, 2.45) is 5.73 Å². The molecule has 0 saturated heterocycles. The van der Waals surface area contributed by atoms with Gasteiger partial charge in [0.1, 0.15) is 0 Å². The quantitative estimate of drug-likeness (QED) is 0.814. The number of thiophene rings is 1. The van der Waals surface area contributed by atoms with Crippen LogP contribution in [-0.4, -0.2) is 19.3 Å². The number of methoxy groups -OCH3 is 1. The van der Waals surface area contributed by atoms with Crippen molar-refractivity contribution < 1.29 is 4.74 Å². The molecular formula is C11H19NOS. The number of ether oxygens (including phenoxy) is 1. The molecule has 0 aliphatic carbocycles. The first-order chi connectivity index (χ1) is 6.67. The molecule has 0 bridgehead atoms. The van der Waals surface area contributed by atoms with Gasteiger partial charge in [0.05, 0.1) is 6.10 Å². The monoisotopic (exact) mass is 213 g/mol. The summed E-state index contributed by atoms with van der Waals surface area (Å²) in [6, 6.07) is 4.46.